The van der Waals surface area contributed by atoms with E-state index >= 15 is 0 Å². The molecule has 0 spiro atoms. The highest BCUT2D eigenvalue weighted by Crippen LogP contribution is 2.24. The molecule has 1 aromatic heterocycles. The number of nitrogens with zero attached hydrogens (tertiary/aromatic N) is 3. The Morgan fingerprint density at radius 3 is 2.26 bits per heavy atom. The van der Waals surface area contributed by atoms with Crippen LogP contribution in [0.25, 0.3) is 10.9 Å². The third-order valence-electron chi connectivity index (χ3n) is 6.13. The highest BCUT2D eigenvalue weighted by Gasteiger charge is 2.17. The zero-order valence-corrected chi connectivity index (χ0v) is 20.9. The van der Waals surface area contributed by atoms with E-state index in [2.05, 4.69) is 24.8 Å². The average Bonchev–Trinajstić information content (AvgIpc) is 2.85. The maximum Gasteiger partial charge on any atom is 0.240 e. The molecule has 2 N–H and O–H groups in total. The second-order valence-corrected chi connectivity index (χ2v) is 10.8. The Kier molecular flexibility index (Phi) is 8.74. The topological polar surface area (TPSA) is 77.6 Å². The summed E-state index contributed by atoms with van der Waals surface area (Å²) in [6.07, 6.45) is 3.69. The third-order valence-corrected chi connectivity index (χ3v) is 7.84. The number of sulfonamides is 1. The summed E-state index contributed by atoms with van der Waals surface area (Å²) in [5, 5.41) is 5.33. The molecule has 34 heavy (non-hydrogen) atoms. The molecule has 0 atom stereocenters. The fourth-order valence-corrected chi connectivity index (χ4v) is 5.49. The van der Waals surface area contributed by atoms with E-state index in [1.165, 1.54) is 0 Å². The molecule has 9 heteroatoms. The van der Waals surface area contributed by atoms with Gasteiger partial charge in [-0.25, -0.2) is 13.1 Å². The fraction of sp³-hybridized carbons (Fsp3) is 0.400. The van der Waals surface area contributed by atoms with Crippen molar-refractivity contribution in [3.8, 4) is 0 Å². The Hall–Kier alpha value is -2.23. The lowest BCUT2D eigenvalue weighted by atomic mass is 10.2. The van der Waals surface area contributed by atoms with Crippen molar-refractivity contribution in [3.05, 3.63) is 65.8 Å². The Morgan fingerprint density at radius 2 is 1.56 bits per heavy atom. The van der Waals surface area contributed by atoms with E-state index in [0.29, 0.717) is 16.5 Å². The average molecular weight is 502 g/mol. The summed E-state index contributed by atoms with van der Waals surface area (Å²) in [5.41, 5.74) is 2.00. The first-order valence-electron chi connectivity index (χ1n) is 11.8. The number of aromatic nitrogens is 1. The van der Waals surface area contributed by atoms with Crippen LogP contribution in [-0.2, 0) is 10.0 Å². The van der Waals surface area contributed by atoms with Gasteiger partial charge >= 0.3 is 0 Å². The molecule has 0 amide bonds. The van der Waals surface area contributed by atoms with Gasteiger partial charge in [0.15, 0.2) is 0 Å². The molecule has 0 bridgehead atoms. The van der Waals surface area contributed by atoms with Crippen molar-refractivity contribution in [2.75, 3.05) is 57.7 Å². The number of benzene rings is 2. The number of piperazine rings is 1. The molecular formula is C25H32ClN5O2S. The van der Waals surface area contributed by atoms with Gasteiger partial charge < -0.3 is 15.1 Å². The van der Waals surface area contributed by atoms with Crippen LogP contribution in [-0.4, -0.2) is 75.6 Å². The molecule has 1 saturated heterocycles. The van der Waals surface area contributed by atoms with E-state index < -0.39 is 10.0 Å². The predicted molar refractivity (Wildman–Crippen MR) is 139 cm³/mol. The quantitative estimate of drug-likeness (QED) is 0.390. The Labute approximate surface area is 207 Å². The molecule has 0 unspecified atom stereocenters. The van der Waals surface area contributed by atoms with Gasteiger partial charge in [0.25, 0.3) is 0 Å². The molecule has 4 rings (SSSR count). The first-order chi connectivity index (χ1) is 16.5. The van der Waals surface area contributed by atoms with Crippen molar-refractivity contribution in [3.63, 3.8) is 0 Å². The fourth-order valence-electron chi connectivity index (χ4n) is 4.23. The summed E-state index contributed by atoms with van der Waals surface area (Å²) in [6.45, 7) is 7.48. The smallest absolute Gasteiger partial charge is 0.240 e. The van der Waals surface area contributed by atoms with Crippen LogP contribution in [0.3, 0.4) is 0 Å². The van der Waals surface area contributed by atoms with Gasteiger partial charge in [0.05, 0.1) is 10.4 Å². The van der Waals surface area contributed by atoms with Crippen LogP contribution >= 0.6 is 11.6 Å². The van der Waals surface area contributed by atoms with Gasteiger partial charge in [-0.05, 0) is 62.3 Å². The van der Waals surface area contributed by atoms with Crippen LogP contribution in [0.2, 0.25) is 5.02 Å². The van der Waals surface area contributed by atoms with Crippen molar-refractivity contribution in [1.82, 2.24) is 19.5 Å². The van der Waals surface area contributed by atoms with Crippen LogP contribution in [0, 0.1) is 0 Å². The SMILES string of the molecule is O=S(=O)(NCCCN1CCN(CCCNc2ccnc3cc(Cl)ccc23)CC1)c1ccccc1. The summed E-state index contributed by atoms with van der Waals surface area (Å²) in [7, 11) is -3.41. The van der Waals surface area contributed by atoms with E-state index in [0.717, 1.165) is 75.2 Å². The molecule has 0 saturated carbocycles. The highest BCUT2D eigenvalue weighted by molar-refractivity contribution is 7.89. The van der Waals surface area contributed by atoms with E-state index in [1.807, 2.05) is 36.5 Å². The molecule has 1 aliphatic rings. The van der Waals surface area contributed by atoms with Crippen molar-refractivity contribution >= 4 is 38.2 Å². The summed E-state index contributed by atoms with van der Waals surface area (Å²) in [6, 6.07) is 16.3. The van der Waals surface area contributed by atoms with E-state index in [-0.39, 0.29) is 0 Å². The minimum atomic E-state index is -3.41. The number of halogens is 1. The van der Waals surface area contributed by atoms with Gasteiger partial charge in [-0.2, -0.15) is 0 Å². The number of fused-ring (bicyclic) bond motifs is 1. The zero-order chi connectivity index (χ0) is 23.8. The van der Waals surface area contributed by atoms with Crippen molar-refractivity contribution in [2.24, 2.45) is 0 Å². The molecular weight excluding hydrogens is 470 g/mol. The zero-order valence-electron chi connectivity index (χ0n) is 19.3. The van der Waals surface area contributed by atoms with E-state index in [4.69, 9.17) is 11.6 Å². The molecule has 7 nitrogen and oxygen atoms in total. The molecule has 3 aromatic rings. The molecule has 0 radical (unpaired) electrons. The number of anilines is 1. The molecule has 1 fully saturated rings. The second-order valence-electron chi connectivity index (χ2n) is 8.55. The standard InChI is InChI=1S/C25H32ClN5O2S/c26-21-8-9-23-24(10-13-28-25(23)20-21)27-11-4-14-30-16-18-31(19-17-30)15-5-12-29-34(32,33)22-6-2-1-3-7-22/h1-3,6-10,13,20,29H,4-5,11-12,14-19H2,(H,27,28). The normalized spacial score (nSPS) is 15.6. The Bertz CT molecular complexity index is 1170. The third kappa shape index (κ3) is 6.90. The van der Waals surface area contributed by atoms with E-state index in [1.54, 1.807) is 24.3 Å². The highest BCUT2D eigenvalue weighted by atomic mass is 35.5. The Morgan fingerprint density at radius 1 is 0.882 bits per heavy atom. The largest absolute Gasteiger partial charge is 0.384 e. The van der Waals surface area contributed by atoms with Crippen LogP contribution in [0.4, 0.5) is 5.69 Å². The molecule has 2 aromatic carbocycles. The predicted octanol–water partition coefficient (Wildman–Crippen LogP) is 3.68. The number of pyridine rings is 1. The van der Waals surface area contributed by atoms with Crippen molar-refractivity contribution < 1.29 is 8.42 Å². The molecule has 1 aliphatic heterocycles. The second kappa shape index (κ2) is 12.0. The van der Waals surface area contributed by atoms with Crippen LogP contribution < -0.4 is 10.0 Å². The lowest BCUT2D eigenvalue weighted by molar-refractivity contribution is 0.131. The van der Waals surface area contributed by atoms with E-state index in [9.17, 15) is 8.42 Å². The van der Waals surface area contributed by atoms with Crippen LogP contribution in [0.15, 0.2) is 65.7 Å². The summed E-state index contributed by atoms with van der Waals surface area (Å²) in [5.74, 6) is 0. The van der Waals surface area contributed by atoms with Crippen LogP contribution in [0.5, 0.6) is 0 Å². The molecule has 182 valence electrons. The number of hydrogen-bond donors (Lipinski definition) is 2. The van der Waals surface area contributed by atoms with Crippen molar-refractivity contribution in [1.29, 1.82) is 0 Å². The first-order valence-corrected chi connectivity index (χ1v) is 13.6. The molecule has 0 aliphatic carbocycles. The van der Waals surface area contributed by atoms with Gasteiger partial charge in [-0.15, -0.1) is 0 Å². The first kappa shape index (κ1) is 24.9. The number of nitrogens with one attached hydrogen (secondary N) is 2. The minimum Gasteiger partial charge on any atom is -0.384 e. The monoisotopic (exact) mass is 501 g/mol. The van der Waals surface area contributed by atoms with Gasteiger partial charge in [0.1, 0.15) is 0 Å². The van der Waals surface area contributed by atoms with Gasteiger partial charge in [-0.3, -0.25) is 4.98 Å². The summed E-state index contributed by atoms with van der Waals surface area (Å²) < 4.78 is 27.3. The van der Waals surface area contributed by atoms with Crippen molar-refractivity contribution in [2.45, 2.75) is 17.7 Å². The Balaban J connectivity index is 1.10. The lowest BCUT2D eigenvalue weighted by Crippen LogP contribution is -2.47. The number of rotatable bonds is 11. The minimum absolute atomic E-state index is 0.319. The van der Waals surface area contributed by atoms with Gasteiger partial charge in [-0.1, -0.05) is 29.8 Å². The maximum atomic E-state index is 12.3. The lowest BCUT2D eigenvalue weighted by Gasteiger charge is -2.34. The summed E-state index contributed by atoms with van der Waals surface area (Å²) >= 11 is 6.07. The number of hydrogen-bond acceptors (Lipinski definition) is 6. The van der Waals surface area contributed by atoms with Crippen LogP contribution in [0.1, 0.15) is 12.8 Å². The van der Waals surface area contributed by atoms with Gasteiger partial charge in [0.2, 0.25) is 10.0 Å². The summed E-state index contributed by atoms with van der Waals surface area (Å²) in [4.78, 5) is 9.63. The van der Waals surface area contributed by atoms with Gasteiger partial charge in [0, 0.05) is 61.6 Å². The maximum absolute atomic E-state index is 12.3. The molecule has 2 heterocycles.